The molecule has 2 N–H and O–H groups in total. The van der Waals surface area contributed by atoms with E-state index in [4.69, 9.17) is 9.84 Å². The number of rotatable bonds is 3. The molecule has 0 spiro atoms. The highest BCUT2D eigenvalue weighted by Gasteiger charge is 2.40. The van der Waals surface area contributed by atoms with Crippen LogP contribution >= 0.6 is 0 Å². The second kappa shape index (κ2) is 3.41. The number of hydrogen-bond donors (Lipinski definition) is 2. The molecule has 4 nitrogen and oxygen atoms in total. The molecule has 0 bridgehead atoms. The van der Waals surface area contributed by atoms with Crippen LogP contribution in [0.4, 0.5) is 0 Å². The van der Waals surface area contributed by atoms with E-state index in [1.54, 1.807) is 6.92 Å². The van der Waals surface area contributed by atoms with Gasteiger partial charge in [0, 0.05) is 6.54 Å². The summed E-state index contributed by atoms with van der Waals surface area (Å²) in [5.41, 5.74) is -0.366. The largest absolute Gasteiger partial charge is 0.392 e. The summed E-state index contributed by atoms with van der Waals surface area (Å²) in [6.07, 6.45) is -0.487. The van der Waals surface area contributed by atoms with Gasteiger partial charge in [-0.25, -0.2) is 0 Å². The van der Waals surface area contributed by atoms with Crippen LogP contribution in [-0.4, -0.2) is 36.9 Å². The SMILES string of the molecule is CC(O)CNC(=O)C1(C)COC1. The van der Waals surface area contributed by atoms with Gasteiger partial charge in [0.05, 0.1) is 24.7 Å². The number of aliphatic hydroxyl groups excluding tert-OH is 1. The highest BCUT2D eigenvalue weighted by atomic mass is 16.5. The van der Waals surface area contributed by atoms with E-state index < -0.39 is 6.10 Å². The molecule has 1 saturated heterocycles. The van der Waals surface area contributed by atoms with E-state index in [0.717, 1.165) is 0 Å². The summed E-state index contributed by atoms with van der Waals surface area (Å²) in [6, 6.07) is 0. The van der Waals surface area contributed by atoms with E-state index in [2.05, 4.69) is 5.32 Å². The number of hydrogen-bond acceptors (Lipinski definition) is 3. The van der Waals surface area contributed by atoms with Gasteiger partial charge < -0.3 is 15.2 Å². The molecule has 0 aliphatic carbocycles. The highest BCUT2D eigenvalue weighted by molar-refractivity contribution is 5.83. The lowest BCUT2D eigenvalue weighted by molar-refractivity contribution is -0.158. The fourth-order valence-corrected chi connectivity index (χ4v) is 0.993. The molecule has 0 aromatic carbocycles. The zero-order chi connectivity index (χ0) is 9.19. The summed E-state index contributed by atoms with van der Waals surface area (Å²) in [4.78, 5) is 11.3. The quantitative estimate of drug-likeness (QED) is 0.606. The van der Waals surface area contributed by atoms with Crippen LogP contribution in [0, 0.1) is 5.41 Å². The molecule has 0 saturated carbocycles. The first-order valence-corrected chi connectivity index (χ1v) is 4.09. The van der Waals surface area contributed by atoms with Crippen LogP contribution in [0.1, 0.15) is 13.8 Å². The maximum Gasteiger partial charge on any atom is 0.230 e. The first-order chi connectivity index (χ1) is 5.54. The van der Waals surface area contributed by atoms with Gasteiger partial charge in [-0.3, -0.25) is 4.79 Å². The van der Waals surface area contributed by atoms with Crippen LogP contribution in [-0.2, 0) is 9.53 Å². The zero-order valence-electron chi connectivity index (χ0n) is 7.46. The van der Waals surface area contributed by atoms with Gasteiger partial charge in [-0.2, -0.15) is 0 Å². The highest BCUT2D eigenvalue weighted by Crippen LogP contribution is 2.26. The van der Waals surface area contributed by atoms with Gasteiger partial charge in [-0.15, -0.1) is 0 Å². The minimum Gasteiger partial charge on any atom is -0.392 e. The fraction of sp³-hybridized carbons (Fsp3) is 0.875. The first kappa shape index (κ1) is 9.48. The van der Waals surface area contributed by atoms with E-state index in [1.807, 2.05) is 6.92 Å². The second-order valence-corrected chi connectivity index (χ2v) is 3.61. The van der Waals surface area contributed by atoms with Crippen molar-refractivity contribution in [1.29, 1.82) is 0 Å². The molecular formula is C8H15NO3. The average molecular weight is 173 g/mol. The molecule has 12 heavy (non-hydrogen) atoms. The van der Waals surface area contributed by atoms with Crippen molar-refractivity contribution in [2.24, 2.45) is 5.41 Å². The van der Waals surface area contributed by atoms with Crippen LogP contribution in [0.25, 0.3) is 0 Å². The molecule has 1 aliphatic rings. The summed E-state index contributed by atoms with van der Waals surface area (Å²) in [7, 11) is 0. The van der Waals surface area contributed by atoms with Gasteiger partial charge in [0.1, 0.15) is 0 Å². The number of amides is 1. The zero-order valence-corrected chi connectivity index (χ0v) is 7.46. The maximum absolute atomic E-state index is 11.3. The van der Waals surface area contributed by atoms with Crippen LogP contribution in [0.3, 0.4) is 0 Å². The molecule has 1 fully saturated rings. The molecule has 4 heteroatoms. The standard InChI is InChI=1S/C8H15NO3/c1-6(10)3-9-7(11)8(2)4-12-5-8/h6,10H,3-5H2,1-2H3,(H,9,11). The Morgan fingerprint density at radius 1 is 1.75 bits per heavy atom. The molecule has 0 radical (unpaired) electrons. The molecule has 1 aliphatic heterocycles. The van der Waals surface area contributed by atoms with Crippen LogP contribution < -0.4 is 5.32 Å². The molecule has 1 rings (SSSR count). The molecule has 0 aromatic rings. The number of aliphatic hydroxyl groups is 1. The predicted octanol–water partition coefficient (Wildman–Crippen LogP) is -0.480. The average Bonchev–Trinajstić information content (AvgIpc) is 1.95. The Kier molecular flexibility index (Phi) is 2.69. The summed E-state index contributed by atoms with van der Waals surface area (Å²) in [5, 5.41) is 11.6. The van der Waals surface area contributed by atoms with Crippen molar-refractivity contribution in [3.63, 3.8) is 0 Å². The van der Waals surface area contributed by atoms with E-state index >= 15 is 0 Å². The van der Waals surface area contributed by atoms with E-state index in [0.29, 0.717) is 19.8 Å². The summed E-state index contributed by atoms with van der Waals surface area (Å²) < 4.78 is 4.94. The van der Waals surface area contributed by atoms with Gasteiger partial charge in [-0.05, 0) is 13.8 Å². The van der Waals surface area contributed by atoms with Crippen molar-refractivity contribution < 1.29 is 14.6 Å². The fourth-order valence-electron chi connectivity index (χ4n) is 0.993. The van der Waals surface area contributed by atoms with Crippen molar-refractivity contribution in [1.82, 2.24) is 5.32 Å². The topological polar surface area (TPSA) is 58.6 Å². The lowest BCUT2D eigenvalue weighted by atomic mass is 9.87. The first-order valence-electron chi connectivity index (χ1n) is 4.09. The maximum atomic E-state index is 11.3. The van der Waals surface area contributed by atoms with Gasteiger partial charge in [0.25, 0.3) is 0 Å². The second-order valence-electron chi connectivity index (χ2n) is 3.61. The van der Waals surface area contributed by atoms with Gasteiger partial charge >= 0.3 is 0 Å². The third-order valence-corrected chi connectivity index (χ3v) is 1.95. The number of ether oxygens (including phenoxy) is 1. The molecule has 1 heterocycles. The number of nitrogens with one attached hydrogen (secondary N) is 1. The normalized spacial score (nSPS) is 22.6. The van der Waals surface area contributed by atoms with Gasteiger partial charge in [-0.1, -0.05) is 0 Å². The summed E-state index contributed by atoms with van der Waals surface area (Å²) in [5.74, 6) is -0.0327. The third kappa shape index (κ3) is 1.95. The summed E-state index contributed by atoms with van der Waals surface area (Å²) in [6.45, 7) is 4.78. The Labute approximate surface area is 71.9 Å². The van der Waals surface area contributed by atoms with Crippen molar-refractivity contribution >= 4 is 5.91 Å². The number of carbonyl (C=O) groups is 1. The molecule has 1 amide bonds. The minimum atomic E-state index is -0.487. The Balaban J connectivity index is 2.28. The van der Waals surface area contributed by atoms with Gasteiger partial charge in [0.2, 0.25) is 5.91 Å². The van der Waals surface area contributed by atoms with E-state index in [-0.39, 0.29) is 11.3 Å². The monoisotopic (exact) mass is 173 g/mol. The Bertz CT molecular complexity index is 175. The van der Waals surface area contributed by atoms with E-state index in [9.17, 15) is 4.79 Å². The van der Waals surface area contributed by atoms with E-state index in [1.165, 1.54) is 0 Å². The van der Waals surface area contributed by atoms with Crippen molar-refractivity contribution in [2.75, 3.05) is 19.8 Å². The van der Waals surface area contributed by atoms with Crippen LogP contribution in [0.15, 0.2) is 0 Å². The van der Waals surface area contributed by atoms with Crippen LogP contribution in [0.2, 0.25) is 0 Å². The molecule has 1 unspecified atom stereocenters. The Morgan fingerprint density at radius 3 is 2.67 bits per heavy atom. The summed E-state index contributed by atoms with van der Waals surface area (Å²) >= 11 is 0. The number of carbonyl (C=O) groups excluding carboxylic acids is 1. The van der Waals surface area contributed by atoms with Crippen molar-refractivity contribution in [2.45, 2.75) is 20.0 Å². The molecule has 70 valence electrons. The van der Waals surface area contributed by atoms with Crippen molar-refractivity contribution in [3.8, 4) is 0 Å². The Hall–Kier alpha value is -0.610. The van der Waals surface area contributed by atoms with Crippen LogP contribution in [0.5, 0.6) is 0 Å². The molecular weight excluding hydrogens is 158 g/mol. The third-order valence-electron chi connectivity index (χ3n) is 1.95. The lowest BCUT2D eigenvalue weighted by Crippen LogP contribution is -2.52. The lowest BCUT2D eigenvalue weighted by Gasteiger charge is -2.36. The van der Waals surface area contributed by atoms with Crippen molar-refractivity contribution in [3.05, 3.63) is 0 Å². The minimum absolute atomic E-state index is 0.0327. The molecule has 1 atom stereocenters. The Morgan fingerprint density at radius 2 is 2.33 bits per heavy atom. The predicted molar refractivity (Wildman–Crippen MR) is 43.6 cm³/mol. The van der Waals surface area contributed by atoms with Gasteiger partial charge in [0.15, 0.2) is 0 Å². The smallest absolute Gasteiger partial charge is 0.230 e. The molecule has 0 aromatic heterocycles.